The lowest BCUT2D eigenvalue weighted by molar-refractivity contribution is -0.167. The summed E-state index contributed by atoms with van der Waals surface area (Å²) in [5, 5.41) is 0. The third-order valence-electron chi connectivity index (χ3n) is 11.4. The van der Waals surface area contributed by atoms with Gasteiger partial charge in [-0.15, -0.1) is 0 Å². The van der Waals surface area contributed by atoms with Crippen LogP contribution < -0.4 is 0 Å². The van der Waals surface area contributed by atoms with Crippen LogP contribution in [-0.2, 0) is 28.6 Å². The van der Waals surface area contributed by atoms with Crippen molar-refractivity contribution in [3.05, 3.63) is 122 Å². The van der Waals surface area contributed by atoms with Crippen molar-refractivity contribution in [2.24, 2.45) is 0 Å². The summed E-state index contributed by atoms with van der Waals surface area (Å²) in [6.07, 6.45) is 76.0. The van der Waals surface area contributed by atoms with Gasteiger partial charge in [0.15, 0.2) is 6.10 Å². The number of ether oxygens (including phenoxy) is 3. The van der Waals surface area contributed by atoms with Crippen molar-refractivity contribution in [3.8, 4) is 0 Å². The zero-order valence-electron chi connectivity index (χ0n) is 43.8. The molecule has 1 unspecified atom stereocenters. The summed E-state index contributed by atoms with van der Waals surface area (Å²) >= 11 is 0. The molecule has 0 aliphatic carbocycles. The van der Waals surface area contributed by atoms with E-state index >= 15 is 0 Å². The van der Waals surface area contributed by atoms with Gasteiger partial charge in [-0.2, -0.15) is 0 Å². The maximum atomic E-state index is 12.8. The van der Waals surface area contributed by atoms with E-state index in [0.717, 1.165) is 109 Å². The Morgan fingerprint density at radius 3 is 0.971 bits per heavy atom. The number of carbonyl (C=O) groups excluding carboxylic acids is 3. The highest BCUT2D eigenvalue weighted by Gasteiger charge is 2.19. The van der Waals surface area contributed by atoms with Gasteiger partial charge in [-0.1, -0.05) is 251 Å². The molecule has 0 rings (SSSR count). The van der Waals surface area contributed by atoms with Gasteiger partial charge in [0, 0.05) is 19.3 Å². The van der Waals surface area contributed by atoms with E-state index in [1.165, 1.54) is 83.5 Å². The molecule has 0 saturated heterocycles. The van der Waals surface area contributed by atoms with Crippen molar-refractivity contribution >= 4 is 17.9 Å². The Balaban J connectivity index is 4.47. The number of hydrogen-bond acceptors (Lipinski definition) is 6. The molecule has 0 spiro atoms. The molecule has 0 aliphatic heterocycles. The maximum absolute atomic E-state index is 12.8. The van der Waals surface area contributed by atoms with E-state index in [4.69, 9.17) is 14.2 Å². The molecule has 0 fully saturated rings. The first-order valence-electron chi connectivity index (χ1n) is 27.7. The lowest BCUT2D eigenvalue weighted by Gasteiger charge is -2.18. The summed E-state index contributed by atoms with van der Waals surface area (Å²) in [7, 11) is 0. The first kappa shape index (κ1) is 63.8. The fraction of sp³-hybridized carbons (Fsp3) is 0.629. The number of esters is 3. The standard InChI is InChI=1S/C62H100O6/c1-4-7-10-13-16-19-22-25-27-29-31-33-34-37-40-43-46-49-52-55-61(64)67-58-59(57-66-60(63)54-51-48-45-42-39-36-24-21-18-15-12-9-6-3)68-62(65)56-53-50-47-44-41-38-35-32-30-28-26-23-20-17-14-11-8-5-2/h9,11-12,14-26,28,30,32,35,59H,4-8,10,13,27,29,31,33-34,36-58H2,1-3H3/b12-9-,14-11-,18-15-,19-16-,20-17-,24-21-,25-22-,26-23-,30-28-,35-32-. The molecular formula is C62H100O6. The molecule has 0 N–H and O–H groups in total. The van der Waals surface area contributed by atoms with Crippen molar-refractivity contribution in [1.29, 1.82) is 0 Å². The molecule has 0 aliphatic rings. The summed E-state index contributed by atoms with van der Waals surface area (Å²) < 4.78 is 16.8. The fourth-order valence-electron chi connectivity index (χ4n) is 7.23. The minimum absolute atomic E-state index is 0.100. The molecular weight excluding hydrogens is 841 g/mol. The van der Waals surface area contributed by atoms with Crippen LogP contribution in [-0.4, -0.2) is 37.2 Å². The summed E-state index contributed by atoms with van der Waals surface area (Å²) in [6, 6.07) is 0. The maximum Gasteiger partial charge on any atom is 0.306 e. The van der Waals surface area contributed by atoms with Crippen molar-refractivity contribution < 1.29 is 28.6 Å². The Hall–Kier alpha value is -4.19. The van der Waals surface area contributed by atoms with E-state index < -0.39 is 6.10 Å². The lowest BCUT2D eigenvalue weighted by Crippen LogP contribution is -2.30. The van der Waals surface area contributed by atoms with Crippen molar-refractivity contribution in [1.82, 2.24) is 0 Å². The molecule has 1 atom stereocenters. The second-order valence-corrected chi connectivity index (χ2v) is 18.0. The highest BCUT2D eigenvalue weighted by Crippen LogP contribution is 2.14. The van der Waals surface area contributed by atoms with Gasteiger partial charge >= 0.3 is 17.9 Å². The van der Waals surface area contributed by atoms with Crippen molar-refractivity contribution in [2.45, 2.75) is 239 Å². The van der Waals surface area contributed by atoms with Crippen molar-refractivity contribution in [3.63, 3.8) is 0 Å². The van der Waals surface area contributed by atoms with Crippen LogP contribution in [0.1, 0.15) is 233 Å². The first-order valence-corrected chi connectivity index (χ1v) is 27.7. The van der Waals surface area contributed by atoms with Gasteiger partial charge in [-0.05, 0) is 83.5 Å². The smallest absolute Gasteiger partial charge is 0.306 e. The van der Waals surface area contributed by atoms with E-state index in [1.54, 1.807) is 0 Å². The average Bonchev–Trinajstić information content (AvgIpc) is 3.34. The van der Waals surface area contributed by atoms with Crippen LogP contribution in [0.4, 0.5) is 0 Å². The summed E-state index contributed by atoms with van der Waals surface area (Å²) in [4.78, 5) is 38.1. The molecule has 0 bridgehead atoms. The predicted molar refractivity (Wildman–Crippen MR) is 293 cm³/mol. The van der Waals surface area contributed by atoms with Crippen LogP contribution in [0.2, 0.25) is 0 Å². The van der Waals surface area contributed by atoms with Crippen LogP contribution in [0.3, 0.4) is 0 Å². The van der Waals surface area contributed by atoms with Crippen LogP contribution in [0.5, 0.6) is 0 Å². The van der Waals surface area contributed by atoms with Gasteiger partial charge in [-0.25, -0.2) is 0 Å². The highest BCUT2D eigenvalue weighted by molar-refractivity contribution is 5.71. The highest BCUT2D eigenvalue weighted by atomic mass is 16.6. The van der Waals surface area contributed by atoms with Crippen LogP contribution in [0, 0.1) is 0 Å². The molecule has 0 aromatic rings. The number of hydrogen-bond donors (Lipinski definition) is 0. The second kappa shape index (κ2) is 55.4. The van der Waals surface area contributed by atoms with Crippen molar-refractivity contribution in [2.75, 3.05) is 13.2 Å². The van der Waals surface area contributed by atoms with Gasteiger partial charge in [0.25, 0.3) is 0 Å². The van der Waals surface area contributed by atoms with E-state index in [2.05, 4.69) is 118 Å². The SMILES string of the molecule is CC\C=C/C=C\C=C/CCCCCCCC(=O)OCC(COC(=O)CCCCCCCCCCCC/C=C\C=C/CCCCC)OC(=O)CCCCCCC\C=C/C=C\C=C/C=C\C=C/CCC. The van der Waals surface area contributed by atoms with Gasteiger partial charge < -0.3 is 14.2 Å². The number of rotatable bonds is 48. The molecule has 6 heteroatoms. The fourth-order valence-corrected chi connectivity index (χ4v) is 7.23. The summed E-state index contributed by atoms with van der Waals surface area (Å²) in [6.45, 7) is 6.34. The van der Waals surface area contributed by atoms with Gasteiger partial charge in [0.1, 0.15) is 13.2 Å². The molecule has 0 heterocycles. The first-order chi connectivity index (χ1) is 33.5. The Morgan fingerprint density at radius 1 is 0.309 bits per heavy atom. The Kier molecular flexibility index (Phi) is 52.0. The van der Waals surface area contributed by atoms with Gasteiger partial charge in [-0.3, -0.25) is 14.4 Å². The molecule has 0 aromatic carbocycles. The summed E-state index contributed by atoms with van der Waals surface area (Å²) in [5.41, 5.74) is 0. The average molecular weight is 941 g/mol. The molecule has 0 radical (unpaired) electrons. The molecule has 0 amide bonds. The topological polar surface area (TPSA) is 78.9 Å². The number of unbranched alkanes of at least 4 members (excludes halogenated alkanes) is 24. The van der Waals surface area contributed by atoms with E-state index in [-0.39, 0.29) is 31.1 Å². The predicted octanol–water partition coefficient (Wildman–Crippen LogP) is 18.5. The molecule has 6 nitrogen and oxygen atoms in total. The second-order valence-electron chi connectivity index (χ2n) is 18.0. The Bertz CT molecular complexity index is 1450. The quantitative estimate of drug-likeness (QED) is 0.0262. The summed E-state index contributed by atoms with van der Waals surface area (Å²) in [5.74, 6) is -0.954. The number of allylic oxidation sites excluding steroid dienone is 20. The van der Waals surface area contributed by atoms with Gasteiger partial charge in [0.2, 0.25) is 0 Å². The normalized spacial score (nSPS) is 13.0. The minimum atomic E-state index is -0.805. The third kappa shape index (κ3) is 52.8. The van der Waals surface area contributed by atoms with Crippen LogP contribution in [0.15, 0.2) is 122 Å². The molecule has 384 valence electrons. The molecule has 68 heavy (non-hydrogen) atoms. The Labute approximate surface area is 418 Å². The largest absolute Gasteiger partial charge is 0.462 e. The van der Waals surface area contributed by atoms with E-state index in [0.29, 0.717) is 19.3 Å². The third-order valence-corrected chi connectivity index (χ3v) is 11.4. The zero-order chi connectivity index (χ0) is 49.3. The molecule has 0 aromatic heterocycles. The van der Waals surface area contributed by atoms with Crippen LogP contribution in [0.25, 0.3) is 0 Å². The van der Waals surface area contributed by atoms with E-state index in [9.17, 15) is 14.4 Å². The Morgan fingerprint density at radius 2 is 0.603 bits per heavy atom. The number of carbonyl (C=O) groups is 3. The molecule has 0 saturated carbocycles. The van der Waals surface area contributed by atoms with Gasteiger partial charge in [0.05, 0.1) is 0 Å². The van der Waals surface area contributed by atoms with E-state index in [1.807, 2.05) is 24.3 Å². The lowest BCUT2D eigenvalue weighted by atomic mass is 10.1. The monoisotopic (exact) mass is 941 g/mol. The van der Waals surface area contributed by atoms with Crippen LogP contribution >= 0.6 is 0 Å². The zero-order valence-corrected chi connectivity index (χ0v) is 43.8. The minimum Gasteiger partial charge on any atom is -0.462 e.